The minimum Gasteiger partial charge on any atom is -0.482 e. The molecule has 5 aromatic heterocycles. The predicted octanol–water partition coefficient (Wildman–Crippen LogP) is 5.09. The van der Waals surface area contributed by atoms with Gasteiger partial charge in [0, 0.05) is 43.4 Å². The molecule has 0 aliphatic rings. The minimum absolute atomic E-state index is 0. The molecule has 0 unspecified atom stereocenters. The molecule has 8 nitrogen and oxygen atoms in total. The quantitative estimate of drug-likeness (QED) is 0.186. The maximum Gasteiger partial charge on any atom is 1.00 e. The van der Waals surface area contributed by atoms with Crippen molar-refractivity contribution in [3.05, 3.63) is 134 Å². The number of hydrogen-bond donors (Lipinski definition) is 0. The Hall–Kier alpha value is -4.91. The van der Waals surface area contributed by atoms with Gasteiger partial charge >= 0.3 is 19.8 Å². The van der Waals surface area contributed by atoms with Crippen LogP contribution in [-0.2, 0) is 19.8 Å². The fourth-order valence-corrected chi connectivity index (χ4v) is 3.11. The van der Waals surface area contributed by atoms with Crippen molar-refractivity contribution in [1.29, 1.82) is 0 Å². The zero-order valence-electron chi connectivity index (χ0n) is 20.8. The molecule has 0 N–H and O–H groups in total. The molecule has 1 aromatic carbocycles. The summed E-state index contributed by atoms with van der Waals surface area (Å²) in [5.74, 6) is 4.84. The molecule has 0 amide bonds. The molecule has 0 atom stereocenters. The van der Waals surface area contributed by atoms with Gasteiger partial charge in [0.05, 0.1) is 0 Å². The molecule has 39 heavy (non-hydrogen) atoms. The molecule has 5 heterocycles. The maximum absolute atomic E-state index is 5.33. The summed E-state index contributed by atoms with van der Waals surface area (Å²) in [6.07, 6.45) is 17.5. The topological polar surface area (TPSA) is 83.5 Å². The molecule has 193 valence electrons. The largest absolute Gasteiger partial charge is 1.00 e. The van der Waals surface area contributed by atoms with E-state index in [0.717, 1.165) is 28.6 Å². The molecular formula is C30H24N7OOs. The van der Waals surface area contributed by atoms with Gasteiger partial charge in [0.25, 0.3) is 0 Å². The molecule has 0 saturated heterocycles. The Balaban J connectivity index is 0.000000164. The minimum atomic E-state index is 0. The molecule has 0 aliphatic carbocycles. The van der Waals surface area contributed by atoms with Crippen LogP contribution in [0.25, 0.3) is 22.9 Å². The monoisotopic (exact) mass is 690 g/mol. The molecule has 1 radical (unpaired) electrons. The third kappa shape index (κ3) is 9.16. The number of nitrogens with zero attached hydrogens (tertiary/aromatic N) is 7. The summed E-state index contributed by atoms with van der Waals surface area (Å²) in [4.78, 5) is 12.5. The van der Waals surface area contributed by atoms with E-state index in [4.69, 9.17) is 11.2 Å². The number of terminal acetylenes is 1. The molecule has 6 rings (SSSR count). The van der Waals surface area contributed by atoms with Crippen molar-refractivity contribution in [2.45, 2.75) is 0 Å². The van der Waals surface area contributed by atoms with Gasteiger partial charge in [-0.3, -0.25) is 0 Å². The Bertz CT molecular complexity index is 1430. The van der Waals surface area contributed by atoms with Crippen LogP contribution in [0.2, 0.25) is 0 Å². The van der Waals surface area contributed by atoms with Gasteiger partial charge in [0.15, 0.2) is 11.6 Å². The SMILES string of the molecule is C#CCOc1ccnc(-c2[c-]cccc2)c1.[Os+].c1ccc(-n2cccn2)nc1.c1ccc(-n2cccn2)nc1. The maximum atomic E-state index is 5.33. The van der Waals surface area contributed by atoms with E-state index in [2.05, 4.69) is 37.1 Å². The van der Waals surface area contributed by atoms with E-state index in [1.54, 1.807) is 46.4 Å². The van der Waals surface area contributed by atoms with E-state index in [1.807, 2.05) is 91.3 Å². The molecule has 0 fully saturated rings. The fourth-order valence-electron chi connectivity index (χ4n) is 3.11. The molecule has 9 heteroatoms. The van der Waals surface area contributed by atoms with E-state index in [1.165, 1.54) is 0 Å². The standard InChI is InChI=1S/C14H10NO.2C8H7N3.Os/c1-2-10-16-13-8-9-15-14(11-13)12-6-4-3-5-7-12;2*1-2-5-9-8(4-1)11-7-3-6-10-11;/h1,3-6,8-9,11H,10H2;2*1-7H;/q-1;;;+1. The van der Waals surface area contributed by atoms with Crippen molar-refractivity contribution in [2.75, 3.05) is 6.61 Å². The number of hydrogen-bond acceptors (Lipinski definition) is 6. The Kier molecular flexibility index (Phi) is 11.8. The Labute approximate surface area is 240 Å². The summed E-state index contributed by atoms with van der Waals surface area (Å²) >= 11 is 0. The van der Waals surface area contributed by atoms with Crippen LogP contribution in [0.4, 0.5) is 0 Å². The van der Waals surface area contributed by atoms with Crippen molar-refractivity contribution < 1.29 is 24.5 Å². The van der Waals surface area contributed by atoms with Gasteiger partial charge in [0.1, 0.15) is 12.4 Å². The van der Waals surface area contributed by atoms with Crippen molar-refractivity contribution in [1.82, 2.24) is 34.5 Å². The predicted molar refractivity (Wildman–Crippen MR) is 146 cm³/mol. The van der Waals surface area contributed by atoms with Crippen LogP contribution < -0.4 is 4.74 Å². The average Bonchev–Trinajstić information content (AvgIpc) is 3.74. The van der Waals surface area contributed by atoms with Gasteiger partial charge in [-0.2, -0.15) is 10.2 Å². The first kappa shape index (κ1) is 28.7. The summed E-state index contributed by atoms with van der Waals surface area (Å²) < 4.78 is 8.77. The van der Waals surface area contributed by atoms with Gasteiger partial charge in [-0.05, 0) is 54.2 Å². The van der Waals surface area contributed by atoms with Crippen LogP contribution in [0.1, 0.15) is 0 Å². The van der Waals surface area contributed by atoms with Gasteiger partial charge in [-0.15, -0.1) is 42.3 Å². The van der Waals surface area contributed by atoms with Gasteiger partial charge < -0.3 is 9.72 Å². The Morgan fingerprint density at radius 3 is 1.85 bits per heavy atom. The van der Waals surface area contributed by atoms with Crippen molar-refractivity contribution >= 4 is 0 Å². The Morgan fingerprint density at radius 2 is 1.36 bits per heavy atom. The van der Waals surface area contributed by atoms with Crippen LogP contribution in [0.3, 0.4) is 0 Å². The first-order valence-electron chi connectivity index (χ1n) is 11.6. The van der Waals surface area contributed by atoms with E-state index in [9.17, 15) is 0 Å². The van der Waals surface area contributed by atoms with Gasteiger partial charge in [-0.1, -0.05) is 18.1 Å². The fraction of sp³-hybridized carbons (Fsp3) is 0.0333. The number of pyridine rings is 3. The zero-order chi connectivity index (χ0) is 26.3. The second-order valence-electron chi connectivity index (χ2n) is 7.42. The smallest absolute Gasteiger partial charge is 0.482 e. The summed E-state index contributed by atoms with van der Waals surface area (Å²) in [5, 5.41) is 8.08. The third-order valence-electron chi connectivity index (χ3n) is 4.82. The Morgan fingerprint density at radius 1 is 0.718 bits per heavy atom. The van der Waals surface area contributed by atoms with E-state index < -0.39 is 0 Å². The number of ether oxygens (including phenoxy) is 1. The van der Waals surface area contributed by atoms with E-state index in [0.29, 0.717) is 0 Å². The second kappa shape index (κ2) is 16.0. The zero-order valence-corrected chi connectivity index (χ0v) is 23.3. The second-order valence-corrected chi connectivity index (χ2v) is 7.42. The van der Waals surface area contributed by atoms with Gasteiger partial charge in [0.2, 0.25) is 0 Å². The number of aromatic nitrogens is 7. The molecule has 0 saturated carbocycles. The normalized spacial score (nSPS) is 9.41. The molecule has 0 spiro atoms. The number of rotatable bonds is 5. The summed E-state index contributed by atoms with van der Waals surface area (Å²) in [6, 6.07) is 29.6. The van der Waals surface area contributed by atoms with E-state index in [-0.39, 0.29) is 26.4 Å². The van der Waals surface area contributed by atoms with Crippen molar-refractivity contribution in [3.8, 4) is 41.0 Å². The summed E-state index contributed by atoms with van der Waals surface area (Å²) in [6.45, 7) is 0.266. The van der Waals surface area contributed by atoms with Crippen LogP contribution in [-0.4, -0.2) is 41.1 Å². The summed E-state index contributed by atoms with van der Waals surface area (Å²) in [5.41, 5.74) is 1.77. The van der Waals surface area contributed by atoms with Crippen LogP contribution >= 0.6 is 0 Å². The first-order valence-corrected chi connectivity index (χ1v) is 11.6. The third-order valence-corrected chi connectivity index (χ3v) is 4.82. The first-order chi connectivity index (χ1) is 18.8. The molecule has 0 bridgehead atoms. The van der Waals surface area contributed by atoms with Crippen molar-refractivity contribution in [3.63, 3.8) is 0 Å². The van der Waals surface area contributed by atoms with Gasteiger partial charge in [-0.25, -0.2) is 19.3 Å². The average molecular weight is 689 g/mol. The summed E-state index contributed by atoms with van der Waals surface area (Å²) in [7, 11) is 0. The molecular weight excluding hydrogens is 665 g/mol. The molecule has 0 aliphatic heterocycles. The van der Waals surface area contributed by atoms with Crippen molar-refractivity contribution in [2.24, 2.45) is 0 Å². The van der Waals surface area contributed by atoms with Crippen LogP contribution in [0.5, 0.6) is 5.75 Å². The molecule has 6 aromatic rings. The van der Waals surface area contributed by atoms with Crippen LogP contribution in [0.15, 0.2) is 128 Å². The van der Waals surface area contributed by atoms with E-state index >= 15 is 0 Å². The number of benzene rings is 1. The van der Waals surface area contributed by atoms with Crippen LogP contribution in [0, 0.1) is 18.4 Å².